The maximum absolute atomic E-state index is 4.73. The van der Waals surface area contributed by atoms with E-state index in [0.717, 1.165) is 39.5 Å². The van der Waals surface area contributed by atoms with E-state index in [0.29, 0.717) is 5.92 Å². The summed E-state index contributed by atoms with van der Waals surface area (Å²) in [6, 6.07) is 0. The molecule has 2 heterocycles. The average Bonchev–Trinajstić information content (AvgIpc) is 3.18. The van der Waals surface area contributed by atoms with Crippen LogP contribution in [0.5, 0.6) is 0 Å². The van der Waals surface area contributed by atoms with Gasteiger partial charge in [-0.15, -0.1) is 10.2 Å². The molecule has 1 fully saturated rings. The molecule has 0 atom stereocenters. The normalized spacial score (nSPS) is 14.5. The molecule has 2 aromatic rings. The first-order valence-corrected chi connectivity index (χ1v) is 8.54. The van der Waals surface area contributed by atoms with Crippen LogP contribution in [0.3, 0.4) is 0 Å². The Morgan fingerprint density at radius 2 is 2.25 bits per heavy atom. The number of aromatic nitrogens is 4. The third kappa shape index (κ3) is 3.09. The molecular weight excluding hydrogens is 290 g/mol. The fraction of sp³-hybridized carbons (Fsp3) is 0.538. The lowest BCUT2D eigenvalue weighted by atomic mass is 10.3. The van der Waals surface area contributed by atoms with Crippen LogP contribution < -0.4 is 5.32 Å². The average molecular weight is 307 g/mol. The summed E-state index contributed by atoms with van der Waals surface area (Å²) in [4.78, 5) is 9.42. The van der Waals surface area contributed by atoms with E-state index in [1.54, 1.807) is 17.3 Å². The number of anilines is 1. The van der Waals surface area contributed by atoms with Gasteiger partial charge in [-0.3, -0.25) is 0 Å². The van der Waals surface area contributed by atoms with E-state index in [4.69, 9.17) is 9.97 Å². The van der Waals surface area contributed by atoms with Gasteiger partial charge in [0.1, 0.15) is 22.2 Å². The number of hydrogen-bond acceptors (Lipinski definition) is 7. The summed E-state index contributed by atoms with van der Waals surface area (Å²) >= 11 is 3.12. The number of rotatable bonds is 6. The largest absolute Gasteiger partial charge is 0.370 e. The fourth-order valence-corrected chi connectivity index (χ4v) is 3.32. The quantitative estimate of drug-likeness (QED) is 0.824. The lowest BCUT2D eigenvalue weighted by molar-refractivity contribution is 0.852. The van der Waals surface area contributed by atoms with Crippen LogP contribution in [0, 0.1) is 6.92 Å². The highest BCUT2D eigenvalue weighted by Gasteiger charge is 2.28. The maximum atomic E-state index is 4.73. The van der Waals surface area contributed by atoms with Crippen LogP contribution in [-0.2, 0) is 0 Å². The van der Waals surface area contributed by atoms with Crippen LogP contribution in [0.15, 0.2) is 14.9 Å². The van der Waals surface area contributed by atoms with Gasteiger partial charge in [-0.05, 0) is 37.9 Å². The molecule has 7 heteroatoms. The molecule has 0 aromatic carbocycles. The van der Waals surface area contributed by atoms with Crippen molar-refractivity contribution in [3.05, 3.63) is 16.9 Å². The first-order chi connectivity index (χ1) is 9.78. The van der Waals surface area contributed by atoms with Crippen molar-refractivity contribution >= 4 is 28.9 Å². The number of nitrogens with zero attached hydrogens (tertiary/aromatic N) is 4. The Balaban J connectivity index is 1.91. The minimum absolute atomic E-state index is 0.548. The second kappa shape index (κ2) is 6.05. The van der Waals surface area contributed by atoms with Crippen molar-refractivity contribution in [2.45, 2.75) is 48.4 Å². The highest BCUT2D eigenvalue weighted by atomic mass is 32.2. The Kier molecular flexibility index (Phi) is 4.16. The second-order valence-electron chi connectivity index (χ2n) is 4.87. The zero-order chi connectivity index (χ0) is 13.9. The summed E-state index contributed by atoms with van der Waals surface area (Å²) in [5, 5.41) is 12.4. The highest BCUT2D eigenvalue weighted by Crippen LogP contribution is 2.41. The predicted molar refractivity (Wildman–Crippen MR) is 81.6 cm³/mol. The van der Waals surface area contributed by atoms with Gasteiger partial charge in [0.25, 0.3) is 0 Å². The third-order valence-electron chi connectivity index (χ3n) is 3.13. The summed E-state index contributed by atoms with van der Waals surface area (Å²) < 4.78 is 0.926. The molecule has 0 amide bonds. The van der Waals surface area contributed by atoms with E-state index < -0.39 is 0 Å². The number of hydrogen-bond donors (Lipinski definition) is 1. The Bertz CT molecular complexity index is 581. The molecule has 106 valence electrons. The standard InChI is InChI=1S/C13H17N5S2/c1-3-6-14-10-8(2)12(20-13-18-15-7-19-13)17-11(16-10)9-4-5-9/h7,9H,3-6H2,1-2H3,(H,14,16,17). The van der Waals surface area contributed by atoms with Gasteiger partial charge in [0.05, 0.1) is 0 Å². The molecule has 2 aromatic heterocycles. The van der Waals surface area contributed by atoms with E-state index in [1.165, 1.54) is 24.2 Å². The summed E-state index contributed by atoms with van der Waals surface area (Å²) in [5.74, 6) is 2.49. The van der Waals surface area contributed by atoms with Crippen LogP contribution in [0.2, 0.25) is 0 Å². The molecule has 0 saturated heterocycles. The highest BCUT2D eigenvalue weighted by molar-refractivity contribution is 8.01. The van der Waals surface area contributed by atoms with Gasteiger partial charge in [0, 0.05) is 18.0 Å². The van der Waals surface area contributed by atoms with Gasteiger partial charge < -0.3 is 5.32 Å². The van der Waals surface area contributed by atoms with Gasteiger partial charge >= 0.3 is 0 Å². The van der Waals surface area contributed by atoms with Gasteiger partial charge in [-0.25, -0.2) is 9.97 Å². The molecule has 1 aliphatic carbocycles. The van der Waals surface area contributed by atoms with Crippen LogP contribution in [-0.4, -0.2) is 26.7 Å². The van der Waals surface area contributed by atoms with Gasteiger partial charge in [0.2, 0.25) is 0 Å². The molecule has 5 nitrogen and oxygen atoms in total. The molecule has 1 N–H and O–H groups in total. The summed E-state index contributed by atoms with van der Waals surface area (Å²) in [6.45, 7) is 5.16. The minimum atomic E-state index is 0.548. The second-order valence-corrected chi connectivity index (χ2v) is 6.94. The lowest BCUT2D eigenvalue weighted by Gasteiger charge is -2.12. The van der Waals surface area contributed by atoms with E-state index >= 15 is 0 Å². The summed E-state index contributed by atoms with van der Waals surface area (Å²) in [6.07, 6.45) is 3.50. The Morgan fingerprint density at radius 1 is 1.40 bits per heavy atom. The fourth-order valence-electron chi connectivity index (χ4n) is 1.84. The van der Waals surface area contributed by atoms with Crippen LogP contribution in [0.1, 0.15) is 43.5 Å². The van der Waals surface area contributed by atoms with E-state index in [9.17, 15) is 0 Å². The van der Waals surface area contributed by atoms with Crippen LogP contribution in [0.25, 0.3) is 0 Å². The van der Waals surface area contributed by atoms with Crippen LogP contribution in [0.4, 0.5) is 5.82 Å². The zero-order valence-corrected chi connectivity index (χ0v) is 13.2. The Hall–Kier alpha value is -1.21. The topological polar surface area (TPSA) is 63.6 Å². The van der Waals surface area contributed by atoms with Gasteiger partial charge in [-0.2, -0.15) is 0 Å². The van der Waals surface area contributed by atoms with Crippen molar-refractivity contribution in [2.75, 3.05) is 11.9 Å². The van der Waals surface area contributed by atoms with Crippen molar-refractivity contribution in [1.82, 2.24) is 20.2 Å². The molecule has 0 radical (unpaired) electrons. The monoisotopic (exact) mass is 307 g/mol. The predicted octanol–water partition coefficient (Wildman–Crippen LogP) is 3.49. The SMILES string of the molecule is CCCNc1nc(C2CC2)nc(Sc2nncs2)c1C. The van der Waals surface area contributed by atoms with Crippen molar-refractivity contribution in [3.8, 4) is 0 Å². The van der Waals surface area contributed by atoms with Gasteiger partial charge in [0.15, 0.2) is 4.34 Å². The summed E-state index contributed by atoms with van der Waals surface area (Å²) in [7, 11) is 0. The van der Waals surface area contributed by atoms with Crippen molar-refractivity contribution in [1.29, 1.82) is 0 Å². The molecular formula is C13H17N5S2. The molecule has 0 unspecified atom stereocenters. The lowest BCUT2D eigenvalue weighted by Crippen LogP contribution is -2.08. The molecule has 0 bridgehead atoms. The summed E-state index contributed by atoms with van der Waals surface area (Å²) in [5.41, 5.74) is 2.85. The third-order valence-corrected chi connectivity index (χ3v) is 5.00. The first-order valence-electron chi connectivity index (χ1n) is 6.84. The molecule has 0 aliphatic heterocycles. The van der Waals surface area contributed by atoms with Gasteiger partial charge in [-0.1, -0.05) is 18.3 Å². The minimum Gasteiger partial charge on any atom is -0.370 e. The van der Waals surface area contributed by atoms with Crippen molar-refractivity contribution in [3.63, 3.8) is 0 Å². The molecule has 3 rings (SSSR count). The Morgan fingerprint density at radius 3 is 2.90 bits per heavy atom. The maximum Gasteiger partial charge on any atom is 0.180 e. The molecule has 1 aliphatic rings. The molecule has 1 saturated carbocycles. The molecule has 20 heavy (non-hydrogen) atoms. The van der Waals surface area contributed by atoms with Crippen LogP contribution >= 0.6 is 23.1 Å². The Labute approximate surface area is 126 Å². The van der Waals surface area contributed by atoms with E-state index in [2.05, 4.69) is 29.4 Å². The van der Waals surface area contributed by atoms with Crippen molar-refractivity contribution < 1.29 is 0 Å². The first kappa shape index (κ1) is 13.8. The smallest absolute Gasteiger partial charge is 0.180 e. The van der Waals surface area contributed by atoms with Crippen molar-refractivity contribution in [2.24, 2.45) is 0 Å². The van der Waals surface area contributed by atoms with E-state index in [1.807, 2.05) is 0 Å². The number of nitrogens with one attached hydrogen (secondary N) is 1. The zero-order valence-electron chi connectivity index (χ0n) is 11.6. The van der Waals surface area contributed by atoms with E-state index in [-0.39, 0.29) is 0 Å². The molecule has 0 spiro atoms.